The minimum absolute atomic E-state index is 0.0249. The van der Waals surface area contributed by atoms with Crippen molar-refractivity contribution in [3.05, 3.63) is 53.9 Å². The molecule has 3 N–H and O–H groups in total. The third kappa shape index (κ3) is 9.37. The summed E-state index contributed by atoms with van der Waals surface area (Å²) in [6, 6.07) is 3.23. The quantitative estimate of drug-likeness (QED) is 0.123. The molecule has 6 rings (SSSR count). The van der Waals surface area contributed by atoms with Gasteiger partial charge in [0.2, 0.25) is 17.7 Å². The number of ether oxygens (including phenoxy) is 4. The summed E-state index contributed by atoms with van der Waals surface area (Å²) in [6.07, 6.45) is 3.92. The lowest BCUT2D eigenvalue weighted by Gasteiger charge is -2.35. The van der Waals surface area contributed by atoms with Gasteiger partial charge >= 0.3 is 12.1 Å². The van der Waals surface area contributed by atoms with Gasteiger partial charge in [-0.2, -0.15) is 0 Å². The number of nitrogens with one attached hydrogen (secondary N) is 3. The van der Waals surface area contributed by atoms with E-state index >= 15 is 0 Å². The number of aryl methyl sites for hydroxylation is 1. The van der Waals surface area contributed by atoms with E-state index in [-0.39, 0.29) is 37.3 Å². The maximum absolute atomic E-state index is 14.7. The molecule has 2 aliphatic carbocycles. The SMILES string of the molecule is C=C[C@@H]1C[C@]1(NC(=O)[C@@H]1C[C@@H](Oc2cc(-c3csc(NC(=O)CC(=C)C)n3)nc3c(C)c(OC)ccc23)CN1C(=O)[C@@H](NC(=O)OC1CCCC1)C(C)(C)C)C(=O)OC. The average molecular weight is 831 g/mol. The van der Waals surface area contributed by atoms with Crippen LogP contribution >= 0.6 is 11.3 Å². The summed E-state index contributed by atoms with van der Waals surface area (Å²) in [4.78, 5) is 78.7. The topological polar surface area (TPSA) is 187 Å². The van der Waals surface area contributed by atoms with Gasteiger partial charge in [-0.1, -0.05) is 39.0 Å². The highest BCUT2D eigenvalue weighted by atomic mass is 32.1. The van der Waals surface area contributed by atoms with Crippen LogP contribution in [0.5, 0.6) is 11.5 Å². The Morgan fingerprint density at radius 3 is 2.42 bits per heavy atom. The summed E-state index contributed by atoms with van der Waals surface area (Å²) in [7, 11) is 2.83. The van der Waals surface area contributed by atoms with Crippen molar-refractivity contribution >= 4 is 57.2 Å². The Hall–Kier alpha value is -5.51. The van der Waals surface area contributed by atoms with Crippen LogP contribution in [0.2, 0.25) is 0 Å². The molecule has 0 bridgehead atoms. The molecule has 0 spiro atoms. The van der Waals surface area contributed by atoms with Gasteiger partial charge in [0.1, 0.15) is 47.0 Å². The second-order valence-corrected chi connectivity index (χ2v) is 17.6. The van der Waals surface area contributed by atoms with Crippen molar-refractivity contribution in [2.24, 2.45) is 11.3 Å². The molecule has 0 radical (unpaired) electrons. The Kier molecular flexibility index (Phi) is 12.7. The maximum atomic E-state index is 14.7. The number of rotatable bonds is 14. The number of methoxy groups -OCH3 is 2. The lowest BCUT2D eigenvalue weighted by molar-refractivity contribution is -0.148. The van der Waals surface area contributed by atoms with Gasteiger partial charge < -0.3 is 39.8 Å². The van der Waals surface area contributed by atoms with Crippen LogP contribution in [0.1, 0.15) is 78.2 Å². The number of amides is 4. The zero-order valence-electron chi connectivity index (χ0n) is 34.8. The molecular formula is C43H54N6O9S. The normalized spacial score (nSPS) is 21.9. The summed E-state index contributed by atoms with van der Waals surface area (Å²) in [5.74, 6) is -1.23. The lowest BCUT2D eigenvalue weighted by Crippen LogP contribution is -2.59. The third-order valence-corrected chi connectivity index (χ3v) is 11.9. The highest BCUT2D eigenvalue weighted by Crippen LogP contribution is 2.46. The summed E-state index contributed by atoms with van der Waals surface area (Å²) in [6.45, 7) is 16.7. The zero-order valence-corrected chi connectivity index (χ0v) is 35.6. The van der Waals surface area contributed by atoms with E-state index < -0.39 is 53.0 Å². The van der Waals surface area contributed by atoms with Crippen LogP contribution < -0.4 is 25.4 Å². The predicted molar refractivity (Wildman–Crippen MR) is 223 cm³/mol. The van der Waals surface area contributed by atoms with Crippen LogP contribution in [0.25, 0.3) is 22.3 Å². The molecule has 3 heterocycles. The molecule has 5 atom stereocenters. The second kappa shape index (κ2) is 17.4. The molecule has 3 aliphatic rings. The monoisotopic (exact) mass is 830 g/mol. The van der Waals surface area contributed by atoms with Crippen molar-refractivity contribution in [3.63, 3.8) is 0 Å². The van der Waals surface area contributed by atoms with Crippen molar-refractivity contribution in [2.75, 3.05) is 26.1 Å². The number of pyridine rings is 1. The fraction of sp³-hybridized carbons (Fsp3) is 0.512. The molecule has 2 aromatic heterocycles. The van der Waals surface area contributed by atoms with Crippen molar-refractivity contribution in [1.29, 1.82) is 0 Å². The highest BCUT2D eigenvalue weighted by Gasteiger charge is 2.62. The molecule has 3 aromatic rings. The minimum Gasteiger partial charge on any atom is -0.496 e. The fourth-order valence-corrected chi connectivity index (χ4v) is 8.60. The van der Waals surface area contributed by atoms with E-state index in [1.807, 2.05) is 39.8 Å². The highest BCUT2D eigenvalue weighted by molar-refractivity contribution is 7.14. The van der Waals surface area contributed by atoms with E-state index in [0.717, 1.165) is 36.8 Å². The van der Waals surface area contributed by atoms with Crippen LogP contribution in [0, 0.1) is 18.3 Å². The Bertz CT molecular complexity index is 2160. The minimum atomic E-state index is -1.31. The first-order valence-electron chi connectivity index (χ1n) is 19.8. The maximum Gasteiger partial charge on any atom is 0.408 e. The van der Waals surface area contributed by atoms with E-state index in [1.54, 1.807) is 31.6 Å². The number of carbonyl (C=O) groups is 5. The molecule has 1 saturated heterocycles. The van der Waals surface area contributed by atoms with Crippen molar-refractivity contribution in [2.45, 2.75) is 109 Å². The molecule has 59 heavy (non-hydrogen) atoms. The Labute approximate surface area is 348 Å². The summed E-state index contributed by atoms with van der Waals surface area (Å²) < 4.78 is 23.1. The van der Waals surface area contributed by atoms with Gasteiger partial charge in [0.05, 0.1) is 32.0 Å². The van der Waals surface area contributed by atoms with Gasteiger partial charge in [-0.25, -0.2) is 19.6 Å². The van der Waals surface area contributed by atoms with E-state index in [1.165, 1.54) is 23.3 Å². The lowest BCUT2D eigenvalue weighted by atomic mass is 9.85. The van der Waals surface area contributed by atoms with E-state index in [4.69, 9.17) is 23.9 Å². The van der Waals surface area contributed by atoms with Crippen molar-refractivity contribution in [1.82, 2.24) is 25.5 Å². The molecule has 0 unspecified atom stereocenters. The van der Waals surface area contributed by atoms with Crippen molar-refractivity contribution in [3.8, 4) is 22.9 Å². The second-order valence-electron chi connectivity index (χ2n) is 16.8. The van der Waals surface area contributed by atoms with Crippen LogP contribution in [0.4, 0.5) is 9.93 Å². The van der Waals surface area contributed by atoms with Crippen LogP contribution in [-0.2, 0) is 28.7 Å². The first-order chi connectivity index (χ1) is 28.0. The van der Waals surface area contributed by atoms with Gasteiger partial charge in [0, 0.05) is 41.2 Å². The molecule has 4 amide bonds. The number of hydrogen-bond donors (Lipinski definition) is 3. The van der Waals surface area contributed by atoms with Gasteiger partial charge in [-0.05, 0) is 63.5 Å². The molecule has 316 valence electrons. The van der Waals surface area contributed by atoms with Gasteiger partial charge in [0.15, 0.2) is 5.13 Å². The largest absolute Gasteiger partial charge is 0.496 e. The molecule has 1 aliphatic heterocycles. The number of esters is 1. The number of hydrogen-bond acceptors (Lipinski definition) is 12. The van der Waals surface area contributed by atoms with Crippen LogP contribution in [0.3, 0.4) is 0 Å². The molecular weight excluding hydrogens is 777 g/mol. The molecule has 3 fully saturated rings. The fourth-order valence-electron chi connectivity index (χ4n) is 7.88. The van der Waals surface area contributed by atoms with E-state index in [0.29, 0.717) is 45.3 Å². The number of thiazole rings is 1. The molecule has 2 saturated carbocycles. The average Bonchev–Trinajstić information content (AvgIpc) is 3.60. The smallest absolute Gasteiger partial charge is 0.408 e. The number of aromatic nitrogens is 2. The number of benzene rings is 1. The van der Waals surface area contributed by atoms with Crippen molar-refractivity contribution < 1.29 is 42.9 Å². The van der Waals surface area contributed by atoms with Crippen LogP contribution in [-0.4, -0.2) is 95.2 Å². The first kappa shape index (κ1) is 43.1. The van der Waals surface area contributed by atoms with Crippen LogP contribution in [0.15, 0.2) is 48.4 Å². The number of likely N-dealkylation sites (tertiary alicyclic amines) is 1. The van der Waals surface area contributed by atoms with Gasteiger partial charge in [0.25, 0.3) is 0 Å². The first-order valence-corrected chi connectivity index (χ1v) is 20.7. The number of anilines is 1. The molecule has 1 aromatic carbocycles. The number of carbonyl (C=O) groups excluding carboxylic acids is 5. The number of fused-ring (bicyclic) bond motifs is 1. The Morgan fingerprint density at radius 2 is 1.80 bits per heavy atom. The summed E-state index contributed by atoms with van der Waals surface area (Å²) in [5, 5.41) is 11.3. The standard InChI is InChI=1S/C43H54N6O9S/c1-10-25-20-43(25,39(53)56-9)48-37(51)31-18-27(21-49(31)38(52)36(42(5,6)7)47-41(54)58-26-13-11-12-14-26)57-33-19-29(44-35-24(4)32(55-8)16-15-28(33)35)30-22-59-40(45-30)46-34(50)17-23(2)3/h10,15-16,19,22,25-27,31,36H,1-2,11-14,17-18,20-21H2,3-9H3,(H,47,54)(H,48,51)(H,45,46,50)/t25-,27-,31+,36-,43-/m1/s1. The number of nitrogens with zero attached hydrogens (tertiary/aromatic N) is 3. The zero-order chi connectivity index (χ0) is 42.8. The Morgan fingerprint density at radius 1 is 1.07 bits per heavy atom. The van der Waals surface area contributed by atoms with E-state index in [9.17, 15) is 24.0 Å². The van der Waals surface area contributed by atoms with Gasteiger partial charge in [-0.15, -0.1) is 17.9 Å². The predicted octanol–water partition coefficient (Wildman–Crippen LogP) is 6.25. The van der Waals surface area contributed by atoms with Gasteiger partial charge in [-0.3, -0.25) is 14.4 Å². The van der Waals surface area contributed by atoms with E-state index in [2.05, 4.69) is 34.1 Å². The summed E-state index contributed by atoms with van der Waals surface area (Å²) in [5.41, 5.74) is 0.914. The summed E-state index contributed by atoms with van der Waals surface area (Å²) >= 11 is 1.25. The molecule has 16 heteroatoms. The third-order valence-electron chi connectivity index (χ3n) is 11.1. The Balaban J connectivity index is 1.34. The number of alkyl carbamates (subject to hydrolysis) is 1. The molecule has 15 nitrogen and oxygen atoms in total.